The molecule has 0 aliphatic carbocycles. The lowest BCUT2D eigenvalue weighted by Crippen LogP contribution is -2.33. The molecule has 0 unspecified atom stereocenters. The number of benzene rings is 3. The molecule has 3 rings (SSSR count). The van der Waals surface area contributed by atoms with Crippen LogP contribution in [0, 0.1) is 0 Å². The lowest BCUT2D eigenvalue weighted by Gasteiger charge is -2.24. The van der Waals surface area contributed by atoms with E-state index in [1.165, 1.54) is 25.3 Å². The number of carboxylic acids is 2. The van der Waals surface area contributed by atoms with E-state index < -0.39 is 17.8 Å². The topological polar surface area (TPSA) is 104 Å². The number of anilines is 2. The number of carbonyl (C=O) groups is 3. The van der Waals surface area contributed by atoms with Gasteiger partial charge >= 0.3 is 17.8 Å². The van der Waals surface area contributed by atoms with Crippen molar-refractivity contribution in [3.8, 4) is 5.75 Å². The minimum atomic E-state index is -1.70. The number of methoxy groups -OCH3 is 1. The summed E-state index contributed by atoms with van der Waals surface area (Å²) in [7, 11) is 1.38. The maximum Gasteiger partial charge on any atom is 0.395 e. The highest BCUT2D eigenvalue weighted by atomic mass is 16.5. The number of fused-ring (bicyclic) bond motifs is 1. The largest absolute Gasteiger partial charge is 0.497 e. The predicted molar refractivity (Wildman–Crippen MR) is 98.7 cm³/mol. The standard InChI is InChI=1S/C20H15NO6/c1-27-13-9-10-17(15(11-13)19(23)24)21(18(22)20(25)26)16-8-4-6-12-5-2-3-7-14(12)16/h2-11H,1H3,(H,23,24)(H,25,26). The summed E-state index contributed by atoms with van der Waals surface area (Å²) < 4.78 is 5.04. The monoisotopic (exact) mass is 365 g/mol. The van der Waals surface area contributed by atoms with Crippen molar-refractivity contribution in [2.75, 3.05) is 12.0 Å². The first-order valence-corrected chi connectivity index (χ1v) is 7.90. The number of hydrogen-bond donors (Lipinski definition) is 2. The van der Waals surface area contributed by atoms with Crippen LogP contribution in [0.1, 0.15) is 10.4 Å². The van der Waals surface area contributed by atoms with E-state index in [1.54, 1.807) is 24.3 Å². The van der Waals surface area contributed by atoms with Crippen LogP contribution in [-0.4, -0.2) is 35.2 Å². The van der Waals surface area contributed by atoms with E-state index >= 15 is 0 Å². The quantitative estimate of drug-likeness (QED) is 0.688. The van der Waals surface area contributed by atoms with Gasteiger partial charge in [-0.25, -0.2) is 9.59 Å². The Kier molecular flexibility index (Phi) is 4.76. The number of ether oxygens (including phenoxy) is 1. The average Bonchev–Trinajstić information content (AvgIpc) is 2.68. The van der Waals surface area contributed by atoms with Crippen molar-refractivity contribution in [2.24, 2.45) is 0 Å². The molecule has 0 saturated carbocycles. The second-order valence-electron chi connectivity index (χ2n) is 5.63. The molecule has 0 radical (unpaired) electrons. The van der Waals surface area contributed by atoms with E-state index in [4.69, 9.17) is 4.74 Å². The number of aliphatic carboxylic acids is 1. The summed E-state index contributed by atoms with van der Waals surface area (Å²) in [6.45, 7) is 0. The molecule has 3 aromatic carbocycles. The van der Waals surface area contributed by atoms with Crippen molar-refractivity contribution >= 4 is 40.0 Å². The smallest absolute Gasteiger partial charge is 0.395 e. The first kappa shape index (κ1) is 17.9. The van der Waals surface area contributed by atoms with Crippen LogP contribution in [0.15, 0.2) is 60.7 Å². The first-order chi connectivity index (χ1) is 12.9. The number of nitrogens with zero attached hydrogens (tertiary/aromatic N) is 1. The molecule has 2 N–H and O–H groups in total. The van der Waals surface area contributed by atoms with Gasteiger partial charge in [0.15, 0.2) is 0 Å². The number of carbonyl (C=O) groups excluding carboxylic acids is 1. The van der Waals surface area contributed by atoms with E-state index in [-0.39, 0.29) is 22.7 Å². The molecule has 7 nitrogen and oxygen atoms in total. The lowest BCUT2D eigenvalue weighted by atomic mass is 10.1. The number of amides is 1. The van der Waals surface area contributed by atoms with Gasteiger partial charge in [-0.3, -0.25) is 9.69 Å². The maximum atomic E-state index is 12.5. The summed E-state index contributed by atoms with van der Waals surface area (Å²) in [5.74, 6) is -4.00. The minimum absolute atomic E-state index is 0.0629. The zero-order chi connectivity index (χ0) is 19.6. The Morgan fingerprint density at radius 1 is 0.889 bits per heavy atom. The van der Waals surface area contributed by atoms with E-state index in [9.17, 15) is 24.6 Å². The van der Waals surface area contributed by atoms with E-state index in [0.29, 0.717) is 5.39 Å². The average molecular weight is 365 g/mol. The summed E-state index contributed by atoms with van der Waals surface area (Å²) in [5.41, 5.74) is -0.0443. The van der Waals surface area contributed by atoms with Crippen LogP contribution in [0.5, 0.6) is 5.75 Å². The van der Waals surface area contributed by atoms with E-state index in [0.717, 1.165) is 10.3 Å². The molecule has 0 fully saturated rings. The Morgan fingerprint density at radius 3 is 2.26 bits per heavy atom. The second-order valence-corrected chi connectivity index (χ2v) is 5.63. The van der Waals surface area contributed by atoms with Gasteiger partial charge in [-0.05, 0) is 29.7 Å². The Hall–Kier alpha value is -3.87. The van der Waals surface area contributed by atoms with Crippen LogP contribution in [0.2, 0.25) is 0 Å². The summed E-state index contributed by atoms with van der Waals surface area (Å²) in [6, 6.07) is 16.2. The fraction of sp³-hybridized carbons (Fsp3) is 0.0500. The predicted octanol–water partition coefficient (Wildman–Crippen LogP) is 3.30. The van der Waals surface area contributed by atoms with E-state index in [2.05, 4.69) is 0 Å². The highest BCUT2D eigenvalue weighted by Gasteiger charge is 2.29. The molecular weight excluding hydrogens is 350 g/mol. The lowest BCUT2D eigenvalue weighted by molar-refractivity contribution is -0.148. The maximum absolute atomic E-state index is 12.5. The normalized spacial score (nSPS) is 10.4. The fourth-order valence-corrected chi connectivity index (χ4v) is 2.86. The minimum Gasteiger partial charge on any atom is -0.497 e. The van der Waals surface area contributed by atoms with Gasteiger partial charge in [0.25, 0.3) is 0 Å². The van der Waals surface area contributed by atoms with Crippen LogP contribution in [-0.2, 0) is 9.59 Å². The van der Waals surface area contributed by atoms with Crippen LogP contribution < -0.4 is 9.64 Å². The fourth-order valence-electron chi connectivity index (χ4n) is 2.86. The Morgan fingerprint density at radius 2 is 1.59 bits per heavy atom. The van der Waals surface area contributed by atoms with Crippen molar-refractivity contribution in [2.45, 2.75) is 0 Å². The first-order valence-electron chi connectivity index (χ1n) is 7.90. The van der Waals surface area contributed by atoms with Crippen molar-refractivity contribution in [3.05, 3.63) is 66.2 Å². The summed E-state index contributed by atoms with van der Waals surface area (Å²) in [4.78, 5) is 36.6. The van der Waals surface area contributed by atoms with Gasteiger partial charge < -0.3 is 14.9 Å². The number of aromatic carboxylic acids is 1. The van der Waals surface area contributed by atoms with E-state index in [1.807, 2.05) is 18.2 Å². The molecule has 0 aromatic heterocycles. The molecule has 0 aliphatic rings. The SMILES string of the molecule is COc1ccc(N(C(=O)C(=O)O)c2cccc3ccccc23)c(C(=O)O)c1. The van der Waals surface area contributed by atoms with Gasteiger partial charge in [-0.2, -0.15) is 0 Å². The van der Waals surface area contributed by atoms with Gasteiger partial charge in [0, 0.05) is 5.39 Å². The number of carboxylic acid groups (broad SMARTS) is 2. The third-order valence-corrected chi connectivity index (χ3v) is 4.07. The van der Waals surface area contributed by atoms with Gasteiger partial charge in [0.2, 0.25) is 0 Å². The third kappa shape index (κ3) is 3.30. The number of rotatable bonds is 4. The molecule has 0 spiro atoms. The highest BCUT2D eigenvalue weighted by molar-refractivity contribution is 6.40. The van der Waals surface area contributed by atoms with Gasteiger partial charge in [0.05, 0.1) is 24.0 Å². The molecule has 136 valence electrons. The molecule has 0 bridgehead atoms. The Labute approximate surface area is 154 Å². The van der Waals surface area contributed by atoms with Crippen LogP contribution in [0.25, 0.3) is 10.8 Å². The molecule has 0 heterocycles. The number of hydrogen-bond acceptors (Lipinski definition) is 4. The Balaban J connectivity index is 2.32. The zero-order valence-electron chi connectivity index (χ0n) is 14.2. The van der Waals surface area contributed by atoms with Crippen molar-refractivity contribution in [1.29, 1.82) is 0 Å². The van der Waals surface area contributed by atoms with Crippen molar-refractivity contribution in [1.82, 2.24) is 0 Å². The molecule has 0 saturated heterocycles. The van der Waals surface area contributed by atoms with Crippen LogP contribution >= 0.6 is 0 Å². The molecule has 3 aromatic rings. The highest BCUT2D eigenvalue weighted by Crippen LogP contribution is 2.36. The zero-order valence-corrected chi connectivity index (χ0v) is 14.2. The van der Waals surface area contributed by atoms with Crippen molar-refractivity contribution in [3.63, 3.8) is 0 Å². The van der Waals surface area contributed by atoms with Crippen LogP contribution in [0.4, 0.5) is 11.4 Å². The van der Waals surface area contributed by atoms with Gasteiger partial charge in [-0.15, -0.1) is 0 Å². The summed E-state index contributed by atoms with van der Waals surface area (Å²) in [6.07, 6.45) is 0. The second kappa shape index (κ2) is 7.17. The summed E-state index contributed by atoms with van der Waals surface area (Å²) in [5, 5.41) is 20.3. The Bertz CT molecular complexity index is 1050. The molecule has 27 heavy (non-hydrogen) atoms. The molecule has 1 amide bonds. The third-order valence-electron chi connectivity index (χ3n) is 4.07. The molecular formula is C20H15NO6. The van der Waals surface area contributed by atoms with Gasteiger partial charge in [-0.1, -0.05) is 36.4 Å². The van der Waals surface area contributed by atoms with Crippen LogP contribution in [0.3, 0.4) is 0 Å². The molecule has 7 heteroatoms. The molecule has 0 aliphatic heterocycles. The van der Waals surface area contributed by atoms with Crippen molar-refractivity contribution < 1.29 is 29.3 Å². The van der Waals surface area contributed by atoms with Gasteiger partial charge in [0.1, 0.15) is 5.75 Å². The summed E-state index contributed by atoms with van der Waals surface area (Å²) >= 11 is 0. The molecule has 0 atom stereocenters.